The van der Waals surface area contributed by atoms with Crippen LogP contribution in [-0.4, -0.2) is 6.04 Å². The molecule has 0 aromatic heterocycles. The first-order valence-electron chi connectivity index (χ1n) is 6.95. The van der Waals surface area contributed by atoms with Gasteiger partial charge < -0.3 is 10.5 Å². The fourth-order valence-corrected chi connectivity index (χ4v) is 2.34. The van der Waals surface area contributed by atoms with E-state index in [0.29, 0.717) is 10.8 Å². The molecule has 0 heterocycles. The lowest BCUT2D eigenvalue weighted by Gasteiger charge is -2.25. The van der Waals surface area contributed by atoms with E-state index >= 15 is 0 Å². The van der Waals surface area contributed by atoms with Crippen molar-refractivity contribution in [3.8, 4) is 5.75 Å². The highest BCUT2D eigenvalue weighted by molar-refractivity contribution is 6.30. The maximum atomic E-state index is 13.4. The normalized spacial score (nSPS) is 13.8. The molecule has 2 N–H and O–H groups in total. The summed E-state index contributed by atoms with van der Waals surface area (Å²) in [6.07, 6.45) is 0.375. The molecule has 112 valence electrons. The van der Waals surface area contributed by atoms with Gasteiger partial charge in [-0.3, -0.25) is 0 Å². The molecule has 0 fully saturated rings. The summed E-state index contributed by atoms with van der Waals surface area (Å²) in [6.45, 7) is 3.87. The lowest BCUT2D eigenvalue weighted by atomic mass is 10.0. The second-order valence-electron chi connectivity index (χ2n) is 5.08. The lowest BCUT2D eigenvalue weighted by molar-refractivity contribution is 0.169. The van der Waals surface area contributed by atoms with Crippen molar-refractivity contribution in [1.82, 2.24) is 0 Å². The number of rotatable bonds is 5. The summed E-state index contributed by atoms with van der Waals surface area (Å²) in [7, 11) is 0. The first-order valence-corrected chi connectivity index (χ1v) is 7.33. The predicted molar refractivity (Wildman–Crippen MR) is 84.2 cm³/mol. The van der Waals surface area contributed by atoms with Crippen LogP contribution in [0.25, 0.3) is 0 Å². The minimum absolute atomic E-state index is 0.203. The Morgan fingerprint density at radius 3 is 2.67 bits per heavy atom. The Hall–Kier alpha value is -1.58. The van der Waals surface area contributed by atoms with Crippen LogP contribution in [0, 0.1) is 12.7 Å². The molecule has 0 aliphatic rings. The van der Waals surface area contributed by atoms with Gasteiger partial charge in [-0.2, -0.15) is 0 Å². The smallest absolute Gasteiger partial charge is 0.139 e. The zero-order valence-electron chi connectivity index (χ0n) is 12.1. The number of hydrogen-bond acceptors (Lipinski definition) is 2. The van der Waals surface area contributed by atoms with Crippen LogP contribution in [0.2, 0.25) is 5.02 Å². The lowest BCUT2D eigenvalue weighted by Crippen LogP contribution is -2.31. The Bertz CT molecular complexity index is 617. The second kappa shape index (κ2) is 6.92. The van der Waals surface area contributed by atoms with Crippen molar-refractivity contribution in [1.29, 1.82) is 0 Å². The molecular weight excluding hydrogens is 289 g/mol. The third-order valence-electron chi connectivity index (χ3n) is 3.44. The van der Waals surface area contributed by atoms with Crippen molar-refractivity contribution in [3.05, 3.63) is 64.4 Å². The van der Waals surface area contributed by atoms with E-state index in [9.17, 15) is 4.39 Å². The van der Waals surface area contributed by atoms with Crippen molar-refractivity contribution in [2.24, 2.45) is 5.73 Å². The summed E-state index contributed by atoms with van der Waals surface area (Å²) in [5.41, 5.74) is 7.93. The standard InChI is InChI=1S/C17H19ClFNO/c1-3-15(20)17(12-5-4-6-13(18)9-12)21-16-10-14(19)8-7-11(16)2/h4-10,15,17H,3,20H2,1-2H3. The monoisotopic (exact) mass is 307 g/mol. The molecule has 0 saturated carbocycles. The fraction of sp³-hybridized carbons (Fsp3) is 0.294. The molecule has 0 amide bonds. The molecule has 0 bridgehead atoms. The third kappa shape index (κ3) is 3.96. The van der Waals surface area contributed by atoms with Crippen LogP contribution in [0.3, 0.4) is 0 Å². The van der Waals surface area contributed by atoms with E-state index < -0.39 is 0 Å². The highest BCUT2D eigenvalue weighted by atomic mass is 35.5. The van der Waals surface area contributed by atoms with E-state index in [2.05, 4.69) is 0 Å². The number of aryl methyl sites for hydroxylation is 1. The second-order valence-corrected chi connectivity index (χ2v) is 5.51. The molecule has 2 atom stereocenters. The van der Waals surface area contributed by atoms with Gasteiger partial charge in [0.25, 0.3) is 0 Å². The van der Waals surface area contributed by atoms with Crippen LogP contribution < -0.4 is 10.5 Å². The predicted octanol–water partition coefficient (Wildman–Crippen LogP) is 4.64. The van der Waals surface area contributed by atoms with Crippen molar-refractivity contribution in [2.45, 2.75) is 32.4 Å². The van der Waals surface area contributed by atoms with Crippen LogP contribution in [0.15, 0.2) is 42.5 Å². The molecule has 2 rings (SSSR count). The topological polar surface area (TPSA) is 35.2 Å². The van der Waals surface area contributed by atoms with Gasteiger partial charge in [-0.25, -0.2) is 4.39 Å². The molecule has 0 spiro atoms. The molecule has 0 aliphatic heterocycles. The SMILES string of the molecule is CCC(N)C(Oc1cc(F)ccc1C)c1cccc(Cl)c1. The fourth-order valence-electron chi connectivity index (χ4n) is 2.14. The highest BCUT2D eigenvalue weighted by Gasteiger charge is 2.21. The summed E-state index contributed by atoms with van der Waals surface area (Å²) in [5, 5.41) is 0.625. The van der Waals surface area contributed by atoms with Crippen LogP contribution in [0.4, 0.5) is 4.39 Å². The van der Waals surface area contributed by atoms with Crippen molar-refractivity contribution >= 4 is 11.6 Å². The first kappa shape index (κ1) is 15.8. The van der Waals surface area contributed by atoms with E-state index in [1.54, 1.807) is 12.1 Å². The van der Waals surface area contributed by atoms with E-state index in [0.717, 1.165) is 17.5 Å². The average molecular weight is 308 g/mol. The molecule has 4 heteroatoms. The summed E-state index contributed by atoms with van der Waals surface area (Å²) in [4.78, 5) is 0. The van der Waals surface area contributed by atoms with Gasteiger partial charge >= 0.3 is 0 Å². The van der Waals surface area contributed by atoms with Crippen LogP contribution in [0.5, 0.6) is 5.75 Å². The van der Waals surface area contributed by atoms with E-state index in [1.807, 2.05) is 32.0 Å². The van der Waals surface area contributed by atoms with Gasteiger partial charge in [0.15, 0.2) is 0 Å². The van der Waals surface area contributed by atoms with Crippen LogP contribution in [-0.2, 0) is 0 Å². The van der Waals surface area contributed by atoms with Gasteiger partial charge in [-0.1, -0.05) is 36.7 Å². The Kier molecular flexibility index (Phi) is 5.21. The van der Waals surface area contributed by atoms with Crippen LogP contribution >= 0.6 is 11.6 Å². The quantitative estimate of drug-likeness (QED) is 0.873. The number of benzene rings is 2. The third-order valence-corrected chi connectivity index (χ3v) is 3.68. The van der Waals surface area contributed by atoms with Gasteiger partial charge in [0.1, 0.15) is 17.7 Å². The zero-order chi connectivity index (χ0) is 15.4. The highest BCUT2D eigenvalue weighted by Crippen LogP contribution is 2.29. The maximum absolute atomic E-state index is 13.4. The van der Waals surface area contributed by atoms with Crippen molar-refractivity contribution in [2.75, 3.05) is 0 Å². The number of hydrogen-bond donors (Lipinski definition) is 1. The first-order chi connectivity index (χ1) is 10.0. The molecule has 2 nitrogen and oxygen atoms in total. The van der Waals surface area contributed by atoms with Gasteiger partial charge in [0.05, 0.1) is 0 Å². The Balaban J connectivity index is 2.35. The number of halogens is 2. The molecule has 0 radical (unpaired) electrons. The summed E-state index contributed by atoms with van der Waals surface area (Å²) in [6, 6.07) is 11.7. The van der Waals surface area contributed by atoms with E-state index in [-0.39, 0.29) is 18.0 Å². The Morgan fingerprint density at radius 2 is 2.00 bits per heavy atom. The minimum Gasteiger partial charge on any atom is -0.484 e. The number of nitrogens with two attached hydrogens (primary N) is 1. The van der Waals surface area contributed by atoms with Crippen molar-refractivity contribution < 1.29 is 9.13 Å². The van der Waals surface area contributed by atoms with Gasteiger partial charge in [0.2, 0.25) is 0 Å². The molecular formula is C17H19ClFNO. The van der Waals surface area contributed by atoms with E-state index in [4.69, 9.17) is 22.1 Å². The maximum Gasteiger partial charge on any atom is 0.139 e. The summed E-state index contributed by atoms with van der Waals surface area (Å²) in [5.74, 6) is 0.175. The zero-order valence-corrected chi connectivity index (χ0v) is 12.9. The van der Waals surface area contributed by atoms with Crippen LogP contribution in [0.1, 0.15) is 30.6 Å². The Morgan fingerprint density at radius 1 is 1.24 bits per heavy atom. The van der Waals surface area contributed by atoms with Gasteiger partial charge in [0, 0.05) is 17.1 Å². The van der Waals surface area contributed by atoms with Gasteiger partial charge in [-0.05, 0) is 42.7 Å². The molecule has 2 aromatic rings. The average Bonchev–Trinajstić information content (AvgIpc) is 2.47. The number of ether oxygens (including phenoxy) is 1. The molecule has 2 unspecified atom stereocenters. The molecule has 2 aromatic carbocycles. The summed E-state index contributed by atoms with van der Waals surface area (Å²) < 4.78 is 19.4. The summed E-state index contributed by atoms with van der Waals surface area (Å²) >= 11 is 6.04. The molecule has 0 saturated heterocycles. The van der Waals surface area contributed by atoms with E-state index in [1.165, 1.54) is 12.1 Å². The minimum atomic E-state index is -0.366. The van der Waals surface area contributed by atoms with Gasteiger partial charge in [-0.15, -0.1) is 0 Å². The molecule has 21 heavy (non-hydrogen) atoms. The molecule has 0 aliphatic carbocycles. The Labute approximate surface area is 129 Å². The largest absolute Gasteiger partial charge is 0.484 e. The van der Waals surface area contributed by atoms with Crippen molar-refractivity contribution in [3.63, 3.8) is 0 Å².